The van der Waals surface area contributed by atoms with E-state index in [9.17, 15) is 18.8 Å². The number of hydrogen-bond donors (Lipinski definition) is 3. The van der Waals surface area contributed by atoms with Gasteiger partial charge in [0.25, 0.3) is 5.91 Å². The second-order valence-corrected chi connectivity index (χ2v) is 5.84. The molecule has 8 heteroatoms. The zero-order chi connectivity index (χ0) is 19.1. The van der Waals surface area contributed by atoms with Crippen molar-refractivity contribution < 1.29 is 18.8 Å². The number of benzene rings is 2. The highest BCUT2D eigenvalue weighted by Gasteiger charge is 2.11. The van der Waals surface area contributed by atoms with Crippen LogP contribution >= 0.6 is 11.6 Å². The van der Waals surface area contributed by atoms with Crippen molar-refractivity contribution in [1.82, 2.24) is 10.6 Å². The third-order valence-electron chi connectivity index (χ3n) is 3.48. The van der Waals surface area contributed by atoms with Crippen LogP contribution in [-0.2, 0) is 9.59 Å². The molecule has 0 aromatic heterocycles. The summed E-state index contributed by atoms with van der Waals surface area (Å²) in [5.41, 5.74) is 1.37. The molecular formula is C18H17ClFN3O3. The average molecular weight is 378 g/mol. The molecule has 0 bridgehead atoms. The lowest BCUT2D eigenvalue weighted by Crippen LogP contribution is -2.40. The summed E-state index contributed by atoms with van der Waals surface area (Å²) in [6.07, 6.45) is 0. The highest BCUT2D eigenvalue weighted by atomic mass is 35.5. The second-order valence-electron chi connectivity index (χ2n) is 5.43. The fraction of sp³-hybridized carbons (Fsp3) is 0.167. The van der Waals surface area contributed by atoms with Crippen LogP contribution in [0.15, 0.2) is 42.5 Å². The van der Waals surface area contributed by atoms with Gasteiger partial charge in [-0.3, -0.25) is 14.4 Å². The lowest BCUT2D eigenvalue weighted by molar-refractivity contribution is -0.123. The quantitative estimate of drug-likeness (QED) is 0.721. The first-order valence-electron chi connectivity index (χ1n) is 7.72. The monoisotopic (exact) mass is 377 g/mol. The van der Waals surface area contributed by atoms with E-state index in [1.807, 2.05) is 0 Å². The predicted molar refractivity (Wildman–Crippen MR) is 96.6 cm³/mol. The molecule has 2 aromatic carbocycles. The van der Waals surface area contributed by atoms with Crippen LogP contribution in [0.4, 0.5) is 10.1 Å². The molecule has 0 aliphatic carbocycles. The van der Waals surface area contributed by atoms with Gasteiger partial charge in [-0.2, -0.15) is 0 Å². The van der Waals surface area contributed by atoms with E-state index in [1.165, 1.54) is 18.2 Å². The first kappa shape index (κ1) is 19.4. The molecule has 2 rings (SSSR count). The van der Waals surface area contributed by atoms with Crippen LogP contribution in [0.5, 0.6) is 0 Å². The fourth-order valence-corrected chi connectivity index (χ4v) is 2.25. The van der Waals surface area contributed by atoms with E-state index in [0.29, 0.717) is 10.7 Å². The van der Waals surface area contributed by atoms with Crippen molar-refractivity contribution in [2.24, 2.45) is 0 Å². The molecule has 0 saturated heterocycles. The molecule has 0 radical (unpaired) electrons. The van der Waals surface area contributed by atoms with Crippen molar-refractivity contribution in [3.05, 3.63) is 64.4 Å². The van der Waals surface area contributed by atoms with Crippen molar-refractivity contribution in [2.75, 3.05) is 18.4 Å². The number of rotatable bonds is 6. The maximum absolute atomic E-state index is 13.1. The lowest BCUT2D eigenvalue weighted by atomic mass is 10.2. The normalized spacial score (nSPS) is 10.1. The predicted octanol–water partition coefficient (Wildman–Crippen LogP) is 2.27. The number of hydrogen-bond acceptors (Lipinski definition) is 3. The van der Waals surface area contributed by atoms with Crippen LogP contribution in [0.25, 0.3) is 0 Å². The van der Waals surface area contributed by atoms with Gasteiger partial charge in [-0.1, -0.05) is 23.7 Å². The Hall–Kier alpha value is -2.93. The molecule has 3 N–H and O–H groups in total. The zero-order valence-electron chi connectivity index (χ0n) is 13.9. The topological polar surface area (TPSA) is 87.3 Å². The molecule has 0 fully saturated rings. The Morgan fingerprint density at radius 2 is 1.69 bits per heavy atom. The smallest absolute Gasteiger partial charge is 0.251 e. The van der Waals surface area contributed by atoms with Crippen molar-refractivity contribution in [3.63, 3.8) is 0 Å². The third-order valence-corrected chi connectivity index (χ3v) is 3.89. The summed E-state index contributed by atoms with van der Waals surface area (Å²) < 4.78 is 13.1. The van der Waals surface area contributed by atoms with E-state index in [2.05, 4.69) is 16.0 Å². The molecule has 26 heavy (non-hydrogen) atoms. The standard InChI is InChI=1S/C18H17ClFN3O3/c1-11-14(19)6-3-7-15(11)23-17(25)10-21-16(24)9-22-18(26)12-4-2-5-13(20)8-12/h2-8H,9-10H2,1H3,(H,21,24)(H,22,26)(H,23,25). The van der Waals surface area contributed by atoms with Crippen LogP contribution in [0.3, 0.4) is 0 Å². The molecule has 0 aliphatic rings. The van der Waals surface area contributed by atoms with Gasteiger partial charge >= 0.3 is 0 Å². The molecule has 0 spiro atoms. The molecule has 0 aliphatic heterocycles. The number of amides is 3. The van der Waals surface area contributed by atoms with Crippen molar-refractivity contribution in [3.8, 4) is 0 Å². The third kappa shape index (κ3) is 5.56. The van der Waals surface area contributed by atoms with E-state index < -0.39 is 23.5 Å². The molecule has 136 valence electrons. The number of carbonyl (C=O) groups is 3. The Bertz CT molecular complexity index is 842. The Morgan fingerprint density at radius 1 is 1.00 bits per heavy atom. The fourth-order valence-electron chi connectivity index (χ4n) is 2.07. The zero-order valence-corrected chi connectivity index (χ0v) is 14.7. The summed E-state index contributed by atoms with van der Waals surface area (Å²) >= 11 is 5.97. The van der Waals surface area contributed by atoms with Gasteiger partial charge < -0.3 is 16.0 Å². The van der Waals surface area contributed by atoms with Crippen LogP contribution in [-0.4, -0.2) is 30.8 Å². The maximum Gasteiger partial charge on any atom is 0.251 e. The minimum Gasteiger partial charge on any atom is -0.345 e. The minimum absolute atomic E-state index is 0.104. The van der Waals surface area contributed by atoms with Crippen molar-refractivity contribution >= 4 is 35.0 Å². The van der Waals surface area contributed by atoms with Gasteiger partial charge in [-0.25, -0.2) is 4.39 Å². The summed E-state index contributed by atoms with van der Waals surface area (Å²) in [7, 11) is 0. The first-order valence-corrected chi connectivity index (χ1v) is 8.10. The molecule has 0 unspecified atom stereocenters. The lowest BCUT2D eigenvalue weighted by Gasteiger charge is -2.10. The van der Waals surface area contributed by atoms with Gasteiger partial charge in [0.2, 0.25) is 11.8 Å². The van der Waals surface area contributed by atoms with Crippen LogP contribution < -0.4 is 16.0 Å². The van der Waals surface area contributed by atoms with E-state index >= 15 is 0 Å². The van der Waals surface area contributed by atoms with Gasteiger partial charge in [0, 0.05) is 16.3 Å². The Morgan fingerprint density at radius 3 is 2.42 bits per heavy atom. The summed E-state index contributed by atoms with van der Waals surface area (Å²) in [6, 6.07) is 10.2. The van der Waals surface area contributed by atoms with Gasteiger partial charge in [-0.15, -0.1) is 0 Å². The van der Waals surface area contributed by atoms with Crippen molar-refractivity contribution in [2.45, 2.75) is 6.92 Å². The minimum atomic E-state index is -0.585. The highest BCUT2D eigenvalue weighted by Crippen LogP contribution is 2.22. The van der Waals surface area contributed by atoms with Gasteiger partial charge in [0.05, 0.1) is 13.1 Å². The molecule has 2 aromatic rings. The summed E-state index contributed by atoms with van der Waals surface area (Å²) in [4.78, 5) is 35.4. The van der Waals surface area contributed by atoms with Crippen LogP contribution in [0.2, 0.25) is 5.02 Å². The van der Waals surface area contributed by atoms with E-state index in [0.717, 1.165) is 11.6 Å². The molecule has 3 amide bonds. The SMILES string of the molecule is Cc1c(Cl)cccc1NC(=O)CNC(=O)CNC(=O)c1cccc(F)c1. The van der Waals surface area contributed by atoms with Gasteiger partial charge in [0.15, 0.2) is 0 Å². The maximum atomic E-state index is 13.1. The van der Waals surface area contributed by atoms with Gasteiger partial charge in [0.1, 0.15) is 5.82 Å². The van der Waals surface area contributed by atoms with E-state index in [4.69, 9.17) is 11.6 Å². The average Bonchev–Trinajstić information content (AvgIpc) is 2.61. The molecule has 6 nitrogen and oxygen atoms in total. The molecular weight excluding hydrogens is 361 g/mol. The van der Waals surface area contributed by atoms with Crippen LogP contribution in [0, 0.1) is 12.7 Å². The number of carbonyl (C=O) groups excluding carboxylic acids is 3. The Kier molecular flexibility index (Phi) is 6.68. The van der Waals surface area contributed by atoms with Crippen molar-refractivity contribution in [1.29, 1.82) is 0 Å². The van der Waals surface area contributed by atoms with Crippen LogP contribution in [0.1, 0.15) is 15.9 Å². The van der Waals surface area contributed by atoms with E-state index in [-0.39, 0.29) is 18.7 Å². The largest absolute Gasteiger partial charge is 0.345 e. The second kappa shape index (κ2) is 8.96. The summed E-state index contributed by atoms with van der Waals surface area (Å²) in [5, 5.41) is 7.89. The Balaban J connectivity index is 1.77. The number of anilines is 1. The molecule has 0 saturated carbocycles. The molecule has 0 atom stereocenters. The van der Waals surface area contributed by atoms with Gasteiger partial charge in [-0.05, 0) is 42.8 Å². The highest BCUT2D eigenvalue weighted by molar-refractivity contribution is 6.31. The first-order chi connectivity index (χ1) is 12.4. The number of halogens is 2. The van der Waals surface area contributed by atoms with E-state index in [1.54, 1.807) is 25.1 Å². The molecule has 0 heterocycles. The Labute approximate surface area is 154 Å². The number of nitrogens with one attached hydrogen (secondary N) is 3. The summed E-state index contributed by atoms with van der Waals surface area (Å²) in [5.74, 6) is -2.11. The summed E-state index contributed by atoms with van der Waals surface area (Å²) in [6.45, 7) is 1.16.